The first-order valence-corrected chi connectivity index (χ1v) is 4.25. The van der Waals surface area contributed by atoms with Crippen molar-refractivity contribution < 1.29 is 13.6 Å². The maximum atomic E-state index is 12.4. The van der Waals surface area contributed by atoms with E-state index in [4.69, 9.17) is 0 Å². The molecule has 1 saturated carbocycles. The number of hydrogen-bond donors (Lipinski definition) is 1. The van der Waals surface area contributed by atoms with Gasteiger partial charge >= 0.3 is 0 Å². The van der Waals surface area contributed by atoms with Crippen LogP contribution < -0.4 is 5.32 Å². The quantitative estimate of drug-likeness (QED) is 0.674. The van der Waals surface area contributed by atoms with E-state index in [1.807, 2.05) is 0 Å². The Morgan fingerprint density at radius 3 is 2.38 bits per heavy atom. The third-order valence-corrected chi connectivity index (χ3v) is 2.36. The predicted molar refractivity (Wildman–Crippen MR) is 45.5 cm³/mol. The fourth-order valence-electron chi connectivity index (χ4n) is 0.988. The monoisotopic (exact) mass is 189 g/mol. The second kappa shape index (κ2) is 3.44. The average molecular weight is 189 g/mol. The first-order valence-electron chi connectivity index (χ1n) is 4.25. The standard InChI is InChI=1S/C9H13F2NO/c1-3-6(2)7(13)12-9(4-5-9)8(10)11/h3,8H,4-5H2,1-2H3,(H,12,13)/b6-3-. The number of allylic oxidation sites excluding steroid dienone is 1. The molecule has 4 heteroatoms. The molecular formula is C9H13F2NO. The summed E-state index contributed by atoms with van der Waals surface area (Å²) in [7, 11) is 0. The Labute approximate surface area is 76.0 Å². The number of nitrogens with one attached hydrogen (secondary N) is 1. The van der Waals surface area contributed by atoms with Gasteiger partial charge in [0.2, 0.25) is 5.91 Å². The van der Waals surface area contributed by atoms with Gasteiger partial charge in [0, 0.05) is 5.57 Å². The van der Waals surface area contributed by atoms with Crippen LogP contribution in [0.25, 0.3) is 0 Å². The Hall–Kier alpha value is -0.930. The zero-order valence-electron chi connectivity index (χ0n) is 7.73. The van der Waals surface area contributed by atoms with Crippen LogP contribution in [0.2, 0.25) is 0 Å². The molecule has 1 amide bonds. The lowest BCUT2D eigenvalue weighted by molar-refractivity contribution is -0.119. The molecule has 2 nitrogen and oxygen atoms in total. The molecular weight excluding hydrogens is 176 g/mol. The number of carbonyl (C=O) groups excluding carboxylic acids is 1. The van der Waals surface area contributed by atoms with Crippen LogP contribution in [0.1, 0.15) is 26.7 Å². The third-order valence-electron chi connectivity index (χ3n) is 2.36. The largest absolute Gasteiger partial charge is 0.341 e. The van der Waals surface area contributed by atoms with Crippen LogP contribution in [0.3, 0.4) is 0 Å². The summed E-state index contributed by atoms with van der Waals surface area (Å²) in [6.07, 6.45) is -0.0846. The van der Waals surface area contributed by atoms with Crippen molar-refractivity contribution >= 4 is 5.91 Å². The molecule has 0 atom stereocenters. The predicted octanol–water partition coefficient (Wildman–Crippen LogP) is 1.87. The van der Waals surface area contributed by atoms with Crippen molar-refractivity contribution in [3.63, 3.8) is 0 Å². The van der Waals surface area contributed by atoms with Crippen LogP contribution in [0.4, 0.5) is 8.78 Å². The molecule has 74 valence electrons. The molecule has 0 radical (unpaired) electrons. The van der Waals surface area contributed by atoms with E-state index in [1.165, 1.54) is 0 Å². The number of rotatable bonds is 3. The van der Waals surface area contributed by atoms with Gasteiger partial charge in [-0.1, -0.05) is 6.08 Å². The minimum atomic E-state index is -2.46. The summed E-state index contributed by atoms with van der Waals surface area (Å²) in [6, 6.07) is 0. The first kappa shape index (κ1) is 10.2. The van der Waals surface area contributed by atoms with Crippen LogP contribution >= 0.6 is 0 Å². The number of halogens is 2. The normalized spacial score (nSPS) is 20.2. The summed E-state index contributed by atoms with van der Waals surface area (Å²) in [5.74, 6) is -0.389. The van der Waals surface area contributed by atoms with Gasteiger partial charge < -0.3 is 5.32 Å². The molecule has 1 aliphatic rings. The first-order chi connectivity index (χ1) is 6.02. The van der Waals surface area contributed by atoms with Crippen molar-refractivity contribution in [3.05, 3.63) is 11.6 Å². The number of carbonyl (C=O) groups is 1. The fraction of sp³-hybridized carbons (Fsp3) is 0.667. The van der Waals surface area contributed by atoms with E-state index in [1.54, 1.807) is 19.9 Å². The Kier molecular flexibility index (Phi) is 2.68. The fourth-order valence-corrected chi connectivity index (χ4v) is 0.988. The van der Waals surface area contributed by atoms with Crippen LogP contribution in [0, 0.1) is 0 Å². The van der Waals surface area contributed by atoms with Gasteiger partial charge in [-0.25, -0.2) is 8.78 Å². The zero-order chi connectivity index (χ0) is 10.1. The van der Waals surface area contributed by atoms with E-state index in [9.17, 15) is 13.6 Å². The van der Waals surface area contributed by atoms with Crippen LogP contribution in [-0.2, 0) is 4.79 Å². The van der Waals surface area contributed by atoms with Gasteiger partial charge in [0.25, 0.3) is 6.43 Å². The van der Waals surface area contributed by atoms with Gasteiger partial charge in [0.05, 0.1) is 0 Å². The van der Waals surface area contributed by atoms with Gasteiger partial charge in [-0.3, -0.25) is 4.79 Å². The Bertz CT molecular complexity index is 244. The molecule has 0 aromatic heterocycles. The highest BCUT2D eigenvalue weighted by Gasteiger charge is 2.52. The molecule has 1 aliphatic carbocycles. The van der Waals surface area contributed by atoms with Crippen LogP contribution in [-0.4, -0.2) is 17.9 Å². The lowest BCUT2D eigenvalue weighted by Crippen LogP contribution is -2.42. The second-order valence-electron chi connectivity index (χ2n) is 3.38. The van der Waals surface area contributed by atoms with Gasteiger partial charge in [0.1, 0.15) is 5.54 Å². The summed E-state index contributed by atoms with van der Waals surface area (Å²) < 4.78 is 24.7. The molecule has 13 heavy (non-hydrogen) atoms. The Morgan fingerprint density at radius 1 is 1.54 bits per heavy atom. The van der Waals surface area contributed by atoms with E-state index >= 15 is 0 Å². The van der Waals surface area contributed by atoms with Gasteiger partial charge in [-0.05, 0) is 26.7 Å². The summed E-state index contributed by atoms with van der Waals surface area (Å²) in [6.45, 7) is 3.31. The second-order valence-corrected chi connectivity index (χ2v) is 3.38. The van der Waals surface area contributed by atoms with Crippen molar-refractivity contribution in [2.24, 2.45) is 0 Å². The molecule has 1 fully saturated rings. The SMILES string of the molecule is C/C=C(/C)C(=O)NC1(C(F)F)CC1. The van der Waals surface area contributed by atoms with E-state index in [0.717, 1.165) is 0 Å². The van der Waals surface area contributed by atoms with Crippen molar-refractivity contribution in [3.8, 4) is 0 Å². The zero-order valence-corrected chi connectivity index (χ0v) is 7.73. The number of amides is 1. The molecule has 1 rings (SSSR count). The Balaban J connectivity index is 2.55. The molecule has 0 aliphatic heterocycles. The average Bonchev–Trinajstić information content (AvgIpc) is 2.84. The van der Waals surface area contributed by atoms with Crippen molar-refractivity contribution in [2.75, 3.05) is 0 Å². The summed E-state index contributed by atoms with van der Waals surface area (Å²) in [5.41, 5.74) is -0.742. The summed E-state index contributed by atoms with van der Waals surface area (Å²) >= 11 is 0. The molecule has 0 aromatic rings. The Morgan fingerprint density at radius 2 is 2.08 bits per heavy atom. The lowest BCUT2D eigenvalue weighted by atomic mass is 10.2. The number of hydrogen-bond acceptors (Lipinski definition) is 1. The summed E-state index contributed by atoms with van der Waals surface area (Å²) in [4.78, 5) is 11.2. The van der Waals surface area contributed by atoms with Crippen molar-refractivity contribution in [1.29, 1.82) is 0 Å². The van der Waals surface area contributed by atoms with E-state index in [0.29, 0.717) is 18.4 Å². The molecule has 0 aromatic carbocycles. The lowest BCUT2D eigenvalue weighted by Gasteiger charge is -2.16. The van der Waals surface area contributed by atoms with Gasteiger partial charge in [0.15, 0.2) is 0 Å². The molecule has 0 unspecified atom stereocenters. The van der Waals surface area contributed by atoms with E-state index in [-0.39, 0.29) is 5.91 Å². The highest BCUT2D eigenvalue weighted by Crippen LogP contribution is 2.41. The van der Waals surface area contributed by atoms with Gasteiger partial charge in [-0.2, -0.15) is 0 Å². The molecule has 0 heterocycles. The maximum absolute atomic E-state index is 12.4. The van der Waals surface area contributed by atoms with Crippen molar-refractivity contribution in [1.82, 2.24) is 5.32 Å². The highest BCUT2D eigenvalue weighted by atomic mass is 19.3. The third kappa shape index (κ3) is 2.05. The summed E-state index contributed by atoms with van der Waals surface area (Å²) in [5, 5.41) is 2.36. The molecule has 0 spiro atoms. The topological polar surface area (TPSA) is 29.1 Å². The smallest absolute Gasteiger partial charge is 0.261 e. The van der Waals surface area contributed by atoms with Crippen molar-refractivity contribution in [2.45, 2.75) is 38.7 Å². The minimum absolute atomic E-state index is 0.382. The van der Waals surface area contributed by atoms with Crippen LogP contribution in [0.5, 0.6) is 0 Å². The maximum Gasteiger partial charge on any atom is 0.261 e. The highest BCUT2D eigenvalue weighted by molar-refractivity contribution is 5.93. The molecule has 0 bridgehead atoms. The minimum Gasteiger partial charge on any atom is -0.341 e. The van der Waals surface area contributed by atoms with E-state index in [2.05, 4.69) is 5.32 Å². The molecule has 0 saturated heterocycles. The molecule has 1 N–H and O–H groups in total. The van der Waals surface area contributed by atoms with E-state index < -0.39 is 12.0 Å². The number of alkyl halides is 2. The van der Waals surface area contributed by atoms with Crippen LogP contribution in [0.15, 0.2) is 11.6 Å². The van der Waals surface area contributed by atoms with Gasteiger partial charge in [-0.15, -0.1) is 0 Å².